The van der Waals surface area contributed by atoms with E-state index in [-0.39, 0.29) is 64.1 Å². The van der Waals surface area contributed by atoms with E-state index in [2.05, 4.69) is 39.3 Å². The molecule has 0 aromatic rings. The van der Waals surface area contributed by atoms with Crippen LogP contribution in [0.25, 0.3) is 0 Å². The van der Waals surface area contributed by atoms with E-state index in [9.17, 15) is 0 Å². The predicted octanol–water partition coefficient (Wildman–Crippen LogP) is -3.25. The van der Waals surface area contributed by atoms with Crippen LogP contribution in [0, 0.1) is 0 Å². The maximum absolute atomic E-state index is 2.27. The van der Waals surface area contributed by atoms with Crippen molar-refractivity contribution in [3.8, 4) is 0 Å². The molecule has 0 spiro atoms. The predicted molar refractivity (Wildman–Crippen MR) is 46.7 cm³/mol. The van der Waals surface area contributed by atoms with Crippen LogP contribution in [0.15, 0.2) is 0 Å². The molecule has 0 unspecified atom stereocenters. The summed E-state index contributed by atoms with van der Waals surface area (Å²) < 4.78 is 0. The Labute approximate surface area is 103 Å². The van der Waals surface area contributed by atoms with Crippen LogP contribution in [0.5, 0.6) is 0 Å². The first-order valence-electron chi connectivity index (χ1n) is 3.00. The summed E-state index contributed by atoms with van der Waals surface area (Å²) in [5.74, 6) is 0. The first-order valence-corrected chi connectivity index (χ1v) is 9.00. The van der Waals surface area contributed by atoms with Crippen LogP contribution in [-0.4, -0.2) is 17.6 Å². The molecule has 0 atom stereocenters. The zero-order valence-electron chi connectivity index (χ0n) is 8.26. The molecule has 2 radical (unpaired) electrons. The SMILES string of the molecule is C[Si](C)C.C[Si](C)C.[Cl-].[Cl-].[Ti+2]. The Morgan fingerprint density at radius 3 is 0.545 bits per heavy atom. The van der Waals surface area contributed by atoms with Crippen LogP contribution in [-0.2, 0) is 21.7 Å². The van der Waals surface area contributed by atoms with Crippen LogP contribution in [0.3, 0.4) is 0 Å². The van der Waals surface area contributed by atoms with Crippen LogP contribution in [0.4, 0.5) is 0 Å². The van der Waals surface area contributed by atoms with Crippen LogP contribution >= 0.6 is 0 Å². The molecule has 0 aromatic heterocycles. The normalized spacial score (nSPS) is 6.55. The van der Waals surface area contributed by atoms with Gasteiger partial charge in [-0.1, -0.05) is 39.3 Å². The zero-order chi connectivity index (χ0) is 7.15. The summed E-state index contributed by atoms with van der Waals surface area (Å²) in [6.45, 7) is 13.6. The Bertz CT molecular complexity index is 34.1. The summed E-state index contributed by atoms with van der Waals surface area (Å²) in [5, 5.41) is 0. The standard InChI is InChI=1S/2C3H9Si.2ClH.Ti/c2*1-4(2)3;;;/h2*1-3H3;2*1H;/q;;;;+2/p-2. The molecule has 5 heteroatoms. The van der Waals surface area contributed by atoms with Gasteiger partial charge in [0.05, 0.1) is 0 Å². The number of hydrogen-bond acceptors (Lipinski definition) is 0. The van der Waals surface area contributed by atoms with Gasteiger partial charge in [-0.2, -0.15) is 0 Å². The summed E-state index contributed by atoms with van der Waals surface area (Å²) in [4.78, 5) is 0. The minimum Gasteiger partial charge on any atom is -1.00 e. The fraction of sp³-hybridized carbons (Fsp3) is 1.00. The molecule has 0 rings (SSSR count). The Balaban J connectivity index is -0.0000000171. The van der Waals surface area contributed by atoms with E-state index in [4.69, 9.17) is 0 Å². The molecule has 11 heavy (non-hydrogen) atoms. The fourth-order valence-corrected chi connectivity index (χ4v) is 0. The molecule has 0 aliphatic carbocycles. The van der Waals surface area contributed by atoms with Crippen molar-refractivity contribution in [1.82, 2.24) is 0 Å². The number of halogens is 2. The molecular weight excluding hydrogens is 247 g/mol. The number of hydrogen-bond donors (Lipinski definition) is 0. The van der Waals surface area contributed by atoms with Crippen molar-refractivity contribution in [2.75, 3.05) is 0 Å². The van der Waals surface area contributed by atoms with Crippen molar-refractivity contribution in [3.05, 3.63) is 0 Å². The van der Waals surface area contributed by atoms with Crippen molar-refractivity contribution in [2.24, 2.45) is 0 Å². The monoisotopic (exact) mass is 264 g/mol. The molecular formula is C6H18Cl2Si2Ti. The molecule has 0 saturated carbocycles. The topological polar surface area (TPSA) is 0 Å². The van der Waals surface area contributed by atoms with Crippen molar-refractivity contribution in [1.29, 1.82) is 0 Å². The minimum atomic E-state index is 0. The van der Waals surface area contributed by atoms with E-state index in [0.29, 0.717) is 0 Å². The average molecular weight is 265 g/mol. The summed E-state index contributed by atoms with van der Waals surface area (Å²) >= 11 is 0. The molecule has 0 heterocycles. The first kappa shape index (κ1) is 29.3. The quantitative estimate of drug-likeness (QED) is 0.404. The van der Waals surface area contributed by atoms with Gasteiger partial charge in [0.2, 0.25) is 0 Å². The van der Waals surface area contributed by atoms with E-state index >= 15 is 0 Å². The van der Waals surface area contributed by atoms with E-state index in [1.807, 2.05) is 0 Å². The van der Waals surface area contributed by atoms with E-state index in [1.165, 1.54) is 0 Å². The summed E-state index contributed by atoms with van der Waals surface area (Å²) in [6, 6.07) is 0. The van der Waals surface area contributed by atoms with Gasteiger partial charge in [-0.05, 0) is 0 Å². The van der Waals surface area contributed by atoms with Crippen molar-refractivity contribution >= 4 is 17.6 Å². The number of rotatable bonds is 0. The van der Waals surface area contributed by atoms with Crippen LogP contribution in [0.2, 0.25) is 39.3 Å². The molecule has 0 fully saturated rings. The van der Waals surface area contributed by atoms with Crippen LogP contribution in [0.1, 0.15) is 0 Å². The van der Waals surface area contributed by atoms with E-state index in [0.717, 1.165) is 0 Å². The summed E-state index contributed by atoms with van der Waals surface area (Å²) in [6.07, 6.45) is 0. The smallest absolute Gasteiger partial charge is 1.00 e. The van der Waals surface area contributed by atoms with E-state index in [1.54, 1.807) is 0 Å². The van der Waals surface area contributed by atoms with Gasteiger partial charge in [-0.25, -0.2) is 0 Å². The largest absolute Gasteiger partial charge is 2.00 e. The molecule has 0 nitrogen and oxygen atoms in total. The van der Waals surface area contributed by atoms with Crippen molar-refractivity contribution in [2.45, 2.75) is 39.3 Å². The van der Waals surface area contributed by atoms with Gasteiger partial charge < -0.3 is 24.8 Å². The first-order chi connectivity index (χ1) is 3.46. The molecule has 0 bridgehead atoms. The third-order valence-corrected chi connectivity index (χ3v) is 0. The van der Waals surface area contributed by atoms with Crippen molar-refractivity contribution in [3.63, 3.8) is 0 Å². The van der Waals surface area contributed by atoms with E-state index < -0.39 is 0 Å². The fourth-order valence-electron chi connectivity index (χ4n) is 0. The molecule has 0 aliphatic rings. The Morgan fingerprint density at radius 1 is 0.545 bits per heavy atom. The van der Waals surface area contributed by atoms with Crippen molar-refractivity contribution < 1.29 is 46.5 Å². The van der Waals surface area contributed by atoms with Gasteiger partial charge in [-0.15, -0.1) is 0 Å². The minimum absolute atomic E-state index is 0. The van der Waals surface area contributed by atoms with Gasteiger partial charge >= 0.3 is 21.7 Å². The zero-order valence-corrected chi connectivity index (χ0v) is 13.3. The van der Waals surface area contributed by atoms with Crippen LogP contribution < -0.4 is 24.8 Å². The maximum atomic E-state index is 2.27. The van der Waals surface area contributed by atoms with Gasteiger partial charge in [0, 0.05) is 17.6 Å². The Hall–Kier alpha value is 1.73. The molecule has 68 valence electrons. The van der Waals surface area contributed by atoms with Gasteiger partial charge in [0.25, 0.3) is 0 Å². The molecule has 0 aromatic carbocycles. The maximum Gasteiger partial charge on any atom is 2.00 e. The van der Waals surface area contributed by atoms with Gasteiger partial charge in [-0.3, -0.25) is 0 Å². The molecule has 0 N–H and O–H groups in total. The summed E-state index contributed by atoms with van der Waals surface area (Å²) in [7, 11) is 0.241. The third-order valence-electron chi connectivity index (χ3n) is 0. The Morgan fingerprint density at radius 2 is 0.545 bits per heavy atom. The second-order valence-electron chi connectivity index (χ2n) is 3.00. The Kier molecular flexibility index (Phi) is 60.2. The van der Waals surface area contributed by atoms with Gasteiger partial charge in [0.15, 0.2) is 0 Å². The second kappa shape index (κ2) is 22.6. The molecule has 0 amide bonds. The molecule has 0 saturated heterocycles. The second-order valence-corrected chi connectivity index (χ2v) is 9.00. The van der Waals surface area contributed by atoms with Gasteiger partial charge in [0.1, 0.15) is 0 Å². The third kappa shape index (κ3) is 372. The summed E-state index contributed by atoms with van der Waals surface area (Å²) in [5.41, 5.74) is 0. The average Bonchev–Trinajstić information content (AvgIpc) is 1.25. The molecule has 0 aliphatic heterocycles.